The molecule has 2 aliphatic rings. The van der Waals surface area contributed by atoms with Crippen LogP contribution in [-0.2, 0) is 9.59 Å². The average Bonchev–Trinajstić information content (AvgIpc) is 2.62. The molecule has 1 fully saturated rings. The Morgan fingerprint density at radius 2 is 1.61 bits per heavy atom. The molecule has 3 rings (SSSR count). The van der Waals surface area contributed by atoms with Gasteiger partial charge in [-0.15, -0.1) is 0 Å². The van der Waals surface area contributed by atoms with Gasteiger partial charge in [-0.25, -0.2) is 4.79 Å². The molecule has 0 spiro atoms. The predicted octanol–water partition coefficient (Wildman–Crippen LogP) is 1.23. The van der Waals surface area contributed by atoms with Gasteiger partial charge in [-0.05, 0) is 23.8 Å². The molecule has 0 aliphatic carbocycles. The molecule has 7 nitrogen and oxygen atoms in total. The summed E-state index contributed by atoms with van der Waals surface area (Å²) in [5.74, 6) is -0.290. The zero-order chi connectivity index (χ0) is 16.6. The fraction of sp³-hybridized carbons (Fsp3) is 0.312. The Hall–Kier alpha value is -2.83. The first kappa shape index (κ1) is 15.1. The van der Waals surface area contributed by atoms with E-state index in [1.54, 1.807) is 18.2 Å². The third-order valence-electron chi connectivity index (χ3n) is 3.46. The topological polar surface area (TPSA) is 93.7 Å². The molecule has 1 saturated heterocycles. The largest absolute Gasteiger partial charge is 0.489 e. The van der Waals surface area contributed by atoms with E-state index in [4.69, 9.17) is 9.47 Å². The summed E-state index contributed by atoms with van der Waals surface area (Å²) in [6, 6.07) is 4.32. The van der Waals surface area contributed by atoms with Crippen molar-refractivity contribution in [3.8, 4) is 11.5 Å². The maximum atomic E-state index is 11.7. The van der Waals surface area contributed by atoms with Gasteiger partial charge in [0.2, 0.25) is 0 Å². The highest BCUT2D eigenvalue weighted by Gasteiger charge is 2.28. The minimum atomic E-state index is -0.821. The first-order chi connectivity index (χ1) is 10.8. The van der Waals surface area contributed by atoms with Crippen molar-refractivity contribution in [3.05, 3.63) is 29.3 Å². The standard InChI is InChI=1S/C16H16N2O5/c1-16(2)7-22-11-4-3-9(6-12(11)23-8-16)5-10-13(19)17-15(21)18-14(10)20/h3-6H,7-8H2,1-2H3,(H2,17,18,19,20,21). The maximum Gasteiger partial charge on any atom is 0.328 e. The van der Waals surface area contributed by atoms with Crippen LogP contribution in [0.3, 0.4) is 0 Å². The zero-order valence-electron chi connectivity index (χ0n) is 12.8. The number of hydrogen-bond donors (Lipinski definition) is 2. The van der Waals surface area contributed by atoms with Gasteiger partial charge in [-0.1, -0.05) is 19.9 Å². The highest BCUT2D eigenvalue weighted by atomic mass is 16.5. The van der Waals surface area contributed by atoms with E-state index in [9.17, 15) is 14.4 Å². The Morgan fingerprint density at radius 1 is 1.00 bits per heavy atom. The van der Waals surface area contributed by atoms with Gasteiger partial charge in [0.1, 0.15) is 5.57 Å². The molecular formula is C16H16N2O5. The summed E-state index contributed by atoms with van der Waals surface area (Å²) in [6.07, 6.45) is 1.40. The number of ether oxygens (including phenoxy) is 2. The van der Waals surface area contributed by atoms with Crippen LogP contribution in [0.15, 0.2) is 23.8 Å². The minimum absolute atomic E-state index is 0.110. The third kappa shape index (κ3) is 3.18. The molecule has 2 aliphatic heterocycles. The van der Waals surface area contributed by atoms with E-state index in [0.29, 0.717) is 30.3 Å². The molecule has 0 bridgehead atoms. The Bertz CT molecular complexity index is 714. The summed E-state index contributed by atoms with van der Waals surface area (Å²) >= 11 is 0. The van der Waals surface area contributed by atoms with Gasteiger partial charge >= 0.3 is 6.03 Å². The second-order valence-corrected chi connectivity index (χ2v) is 6.24. The molecule has 1 aromatic rings. The van der Waals surface area contributed by atoms with Gasteiger partial charge < -0.3 is 9.47 Å². The monoisotopic (exact) mass is 316 g/mol. The molecule has 0 atom stereocenters. The lowest BCUT2D eigenvalue weighted by molar-refractivity contribution is -0.123. The first-order valence-corrected chi connectivity index (χ1v) is 7.12. The van der Waals surface area contributed by atoms with Crippen LogP contribution in [0.4, 0.5) is 4.79 Å². The molecule has 7 heteroatoms. The first-order valence-electron chi connectivity index (χ1n) is 7.12. The van der Waals surface area contributed by atoms with Gasteiger partial charge in [0.25, 0.3) is 11.8 Å². The van der Waals surface area contributed by atoms with E-state index in [2.05, 4.69) is 0 Å². The van der Waals surface area contributed by atoms with Crippen LogP contribution in [0.5, 0.6) is 11.5 Å². The maximum absolute atomic E-state index is 11.7. The summed E-state index contributed by atoms with van der Waals surface area (Å²) in [4.78, 5) is 34.5. The Labute approximate surface area is 132 Å². The highest BCUT2D eigenvalue weighted by molar-refractivity contribution is 6.31. The van der Waals surface area contributed by atoms with Gasteiger partial charge in [0.05, 0.1) is 13.2 Å². The number of imide groups is 2. The Kier molecular flexibility index (Phi) is 3.55. The second kappa shape index (κ2) is 5.42. The van der Waals surface area contributed by atoms with Crippen LogP contribution < -0.4 is 20.1 Å². The van der Waals surface area contributed by atoms with Crippen molar-refractivity contribution >= 4 is 23.9 Å². The molecule has 2 N–H and O–H groups in total. The smallest absolute Gasteiger partial charge is 0.328 e. The van der Waals surface area contributed by atoms with Gasteiger partial charge in [-0.3, -0.25) is 20.2 Å². The summed E-state index contributed by atoms with van der Waals surface area (Å²) in [5, 5.41) is 4.06. The van der Waals surface area contributed by atoms with Crippen LogP contribution in [0.2, 0.25) is 0 Å². The van der Waals surface area contributed by atoms with E-state index in [0.717, 1.165) is 0 Å². The normalized spacial score (nSPS) is 19.6. The van der Waals surface area contributed by atoms with Crippen LogP contribution in [0, 0.1) is 5.41 Å². The molecule has 23 heavy (non-hydrogen) atoms. The number of barbiturate groups is 1. The number of benzene rings is 1. The summed E-state index contributed by atoms with van der Waals surface area (Å²) in [5.41, 5.74) is 0.349. The average molecular weight is 316 g/mol. The number of amides is 4. The van der Waals surface area contributed by atoms with Crippen molar-refractivity contribution in [2.75, 3.05) is 13.2 Å². The van der Waals surface area contributed by atoms with Crippen molar-refractivity contribution in [1.29, 1.82) is 0 Å². The van der Waals surface area contributed by atoms with Crippen molar-refractivity contribution in [3.63, 3.8) is 0 Å². The van der Waals surface area contributed by atoms with E-state index < -0.39 is 17.8 Å². The van der Waals surface area contributed by atoms with E-state index in [1.165, 1.54) is 6.08 Å². The van der Waals surface area contributed by atoms with Crippen LogP contribution in [0.25, 0.3) is 6.08 Å². The number of carbonyl (C=O) groups is 3. The number of rotatable bonds is 1. The van der Waals surface area contributed by atoms with Crippen molar-refractivity contribution in [2.45, 2.75) is 13.8 Å². The Morgan fingerprint density at radius 3 is 2.26 bits per heavy atom. The van der Waals surface area contributed by atoms with Crippen LogP contribution in [-0.4, -0.2) is 31.1 Å². The fourth-order valence-electron chi connectivity index (χ4n) is 2.21. The molecule has 1 aromatic carbocycles. The van der Waals surface area contributed by atoms with Crippen molar-refractivity contribution in [1.82, 2.24) is 10.6 Å². The van der Waals surface area contributed by atoms with E-state index >= 15 is 0 Å². The highest BCUT2D eigenvalue weighted by Crippen LogP contribution is 2.34. The SMILES string of the molecule is CC1(C)COc2ccc(C=C3C(=O)NC(=O)NC3=O)cc2OC1. The predicted molar refractivity (Wildman–Crippen MR) is 80.9 cm³/mol. The number of nitrogens with one attached hydrogen (secondary N) is 2. The lowest BCUT2D eigenvalue weighted by Gasteiger charge is -2.19. The summed E-state index contributed by atoms with van der Waals surface area (Å²) < 4.78 is 11.5. The van der Waals surface area contributed by atoms with Crippen LogP contribution in [0.1, 0.15) is 19.4 Å². The van der Waals surface area contributed by atoms with E-state index in [1.807, 2.05) is 24.5 Å². The number of hydrogen-bond acceptors (Lipinski definition) is 5. The second-order valence-electron chi connectivity index (χ2n) is 6.24. The molecule has 0 aromatic heterocycles. The number of urea groups is 1. The fourth-order valence-corrected chi connectivity index (χ4v) is 2.21. The molecule has 0 saturated carbocycles. The lowest BCUT2D eigenvalue weighted by Crippen LogP contribution is -2.51. The van der Waals surface area contributed by atoms with Gasteiger partial charge in [0.15, 0.2) is 11.5 Å². The third-order valence-corrected chi connectivity index (χ3v) is 3.46. The lowest BCUT2D eigenvalue weighted by atomic mass is 9.97. The van der Waals surface area contributed by atoms with Gasteiger partial charge in [0, 0.05) is 5.41 Å². The quantitative estimate of drug-likeness (QED) is 0.600. The summed E-state index contributed by atoms with van der Waals surface area (Å²) in [6.45, 7) is 5.10. The minimum Gasteiger partial charge on any atom is -0.489 e. The molecule has 4 amide bonds. The zero-order valence-corrected chi connectivity index (χ0v) is 12.8. The Balaban J connectivity index is 1.90. The summed E-state index contributed by atoms with van der Waals surface area (Å²) in [7, 11) is 0. The van der Waals surface area contributed by atoms with Crippen molar-refractivity contribution in [2.24, 2.45) is 5.41 Å². The molecular weight excluding hydrogens is 300 g/mol. The molecule has 0 radical (unpaired) electrons. The van der Waals surface area contributed by atoms with Crippen LogP contribution >= 0.6 is 0 Å². The molecule has 120 valence electrons. The number of carbonyl (C=O) groups excluding carboxylic acids is 3. The molecule has 0 unspecified atom stereocenters. The van der Waals surface area contributed by atoms with E-state index in [-0.39, 0.29) is 11.0 Å². The van der Waals surface area contributed by atoms with Gasteiger partial charge in [-0.2, -0.15) is 0 Å². The van der Waals surface area contributed by atoms with Crippen molar-refractivity contribution < 1.29 is 23.9 Å². The number of fused-ring (bicyclic) bond motifs is 1. The molecule has 2 heterocycles.